The molecule has 0 amide bonds. The molecule has 0 aliphatic rings. The number of nitrogens with one attached hydrogen (secondary N) is 1. The Morgan fingerprint density at radius 3 is 2.77 bits per heavy atom. The molecule has 0 unspecified atom stereocenters. The molecule has 4 nitrogen and oxygen atoms in total. The molecule has 0 fully saturated rings. The summed E-state index contributed by atoms with van der Waals surface area (Å²) >= 11 is 0. The van der Waals surface area contributed by atoms with Crippen LogP contribution in [0, 0.1) is 5.41 Å². The van der Waals surface area contributed by atoms with Crippen LogP contribution >= 0.6 is 0 Å². The topological polar surface area (TPSA) is 67.7 Å². The number of imidazole rings is 1. The number of fused-ring (bicyclic) bond motifs is 1. The predicted octanol–water partition coefficient (Wildman–Crippen LogP) is 1.41. The van der Waals surface area contributed by atoms with Gasteiger partial charge in [0.15, 0.2) is 5.96 Å². The van der Waals surface area contributed by atoms with Crippen LogP contribution in [0.4, 0.5) is 0 Å². The molecule has 1 aromatic carbocycles. The second-order valence-corrected chi connectivity index (χ2v) is 2.49. The van der Waals surface area contributed by atoms with Crippen LogP contribution in [0.1, 0.15) is 7.43 Å². The molecule has 13 heavy (non-hydrogen) atoms. The van der Waals surface area contributed by atoms with Gasteiger partial charge in [-0.1, -0.05) is 19.6 Å². The number of nitrogens with two attached hydrogens (primary N) is 1. The Morgan fingerprint density at radius 2 is 2.08 bits per heavy atom. The molecule has 3 N–H and O–H groups in total. The van der Waals surface area contributed by atoms with Crippen molar-refractivity contribution in [3.63, 3.8) is 0 Å². The number of rotatable bonds is 0. The van der Waals surface area contributed by atoms with Gasteiger partial charge in [-0.05, 0) is 12.1 Å². The summed E-state index contributed by atoms with van der Waals surface area (Å²) in [5, 5.41) is 7.23. The van der Waals surface area contributed by atoms with Gasteiger partial charge in [-0.3, -0.25) is 9.98 Å². The third kappa shape index (κ3) is 1.38. The summed E-state index contributed by atoms with van der Waals surface area (Å²) in [6.45, 7) is 0. The molecule has 1 heterocycles. The Labute approximate surface area is 76.5 Å². The molecule has 0 aliphatic carbocycles. The fraction of sp³-hybridized carbons (Fsp3) is 0.111. The summed E-state index contributed by atoms with van der Waals surface area (Å²) in [5.74, 6) is -0.0105. The summed E-state index contributed by atoms with van der Waals surface area (Å²) in [5.41, 5.74) is 7.05. The van der Waals surface area contributed by atoms with Crippen LogP contribution in [0.5, 0.6) is 0 Å². The number of benzene rings is 1. The summed E-state index contributed by atoms with van der Waals surface area (Å²) in [7, 11) is 0. The predicted molar refractivity (Wildman–Crippen MR) is 53.8 cm³/mol. The van der Waals surface area contributed by atoms with Gasteiger partial charge in [0.05, 0.1) is 11.0 Å². The summed E-state index contributed by atoms with van der Waals surface area (Å²) in [6, 6.07) is 7.56. The lowest BCUT2D eigenvalue weighted by atomic mass is 10.3. The Balaban J connectivity index is 0.000000845. The maximum atomic E-state index is 7.23. The SMILES string of the molecule is C.N=C(N)n1cnc2ccccc21. The normalized spacial score (nSPS) is 9.54. The van der Waals surface area contributed by atoms with Crippen molar-refractivity contribution < 1.29 is 0 Å². The number of nitrogen functional groups attached to an aromatic ring is 1. The Hall–Kier alpha value is -1.84. The largest absolute Gasteiger partial charge is 0.369 e. The zero-order valence-corrected chi connectivity index (χ0v) is 6.36. The first kappa shape index (κ1) is 9.25. The molecular weight excluding hydrogens is 164 g/mol. The van der Waals surface area contributed by atoms with Crippen LogP contribution in [0.15, 0.2) is 30.6 Å². The molecule has 1 aromatic heterocycles. The summed E-state index contributed by atoms with van der Waals surface area (Å²) < 4.78 is 1.54. The summed E-state index contributed by atoms with van der Waals surface area (Å²) in [6.07, 6.45) is 1.55. The van der Waals surface area contributed by atoms with E-state index in [4.69, 9.17) is 11.1 Å². The van der Waals surface area contributed by atoms with E-state index < -0.39 is 0 Å². The van der Waals surface area contributed by atoms with E-state index in [1.165, 1.54) is 4.57 Å². The Morgan fingerprint density at radius 1 is 1.38 bits per heavy atom. The molecule has 0 saturated heterocycles. The number of para-hydroxylation sites is 2. The third-order valence-electron chi connectivity index (χ3n) is 1.71. The van der Waals surface area contributed by atoms with Crippen molar-refractivity contribution >= 4 is 17.0 Å². The van der Waals surface area contributed by atoms with Gasteiger partial charge in [-0.25, -0.2) is 4.98 Å². The highest BCUT2D eigenvalue weighted by molar-refractivity contribution is 5.89. The second kappa shape index (κ2) is 3.26. The zero-order chi connectivity index (χ0) is 8.55. The Kier molecular flexibility index (Phi) is 2.32. The maximum Gasteiger partial charge on any atom is 0.198 e. The van der Waals surface area contributed by atoms with Crippen LogP contribution < -0.4 is 5.73 Å². The number of hydrogen-bond acceptors (Lipinski definition) is 2. The third-order valence-corrected chi connectivity index (χ3v) is 1.71. The van der Waals surface area contributed by atoms with Crippen LogP contribution in [-0.4, -0.2) is 15.5 Å². The smallest absolute Gasteiger partial charge is 0.198 e. The van der Waals surface area contributed by atoms with Crippen molar-refractivity contribution in [3.05, 3.63) is 30.6 Å². The monoisotopic (exact) mass is 176 g/mol. The van der Waals surface area contributed by atoms with E-state index >= 15 is 0 Å². The van der Waals surface area contributed by atoms with Gasteiger partial charge in [0.25, 0.3) is 0 Å². The molecule has 2 aromatic rings. The van der Waals surface area contributed by atoms with Crippen LogP contribution in [0.3, 0.4) is 0 Å². The standard InChI is InChI=1S/C8H8N4.CH4/c9-8(10)12-5-11-6-3-1-2-4-7(6)12;/h1-5H,(H3,9,10);1H4. The molecule has 4 heteroatoms. The highest BCUT2D eigenvalue weighted by Crippen LogP contribution is 2.09. The summed E-state index contributed by atoms with van der Waals surface area (Å²) in [4.78, 5) is 4.08. The number of nitrogens with zero attached hydrogens (tertiary/aromatic N) is 2. The van der Waals surface area contributed by atoms with Gasteiger partial charge >= 0.3 is 0 Å². The average Bonchev–Trinajstić information content (AvgIpc) is 2.47. The minimum atomic E-state index is -0.0105. The van der Waals surface area contributed by atoms with Crippen LogP contribution in [0.25, 0.3) is 11.0 Å². The number of hydrogen-bond donors (Lipinski definition) is 2. The minimum Gasteiger partial charge on any atom is -0.369 e. The highest BCUT2D eigenvalue weighted by Gasteiger charge is 2.01. The Bertz CT molecular complexity index is 430. The van der Waals surface area contributed by atoms with Crippen molar-refractivity contribution in [2.45, 2.75) is 7.43 Å². The average molecular weight is 176 g/mol. The highest BCUT2D eigenvalue weighted by atomic mass is 15.1. The first-order chi connectivity index (χ1) is 5.79. The van der Waals surface area contributed by atoms with Crippen molar-refractivity contribution in [3.8, 4) is 0 Å². The molecular formula is C9H12N4. The quantitative estimate of drug-likeness (QED) is 0.470. The second-order valence-electron chi connectivity index (χ2n) is 2.49. The van der Waals surface area contributed by atoms with Gasteiger partial charge in [0, 0.05) is 0 Å². The zero-order valence-electron chi connectivity index (χ0n) is 6.36. The molecule has 68 valence electrons. The van der Waals surface area contributed by atoms with E-state index in [2.05, 4.69) is 4.98 Å². The fourth-order valence-corrected chi connectivity index (χ4v) is 1.15. The van der Waals surface area contributed by atoms with Gasteiger partial charge in [0.1, 0.15) is 6.33 Å². The van der Waals surface area contributed by atoms with Gasteiger partial charge in [0.2, 0.25) is 0 Å². The lowest BCUT2D eigenvalue weighted by Crippen LogP contribution is -2.19. The van der Waals surface area contributed by atoms with Gasteiger partial charge in [-0.2, -0.15) is 0 Å². The maximum absolute atomic E-state index is 7.23. The fourth-order valence-electron chi connectivity index (χ4n) is 1.15. The lowest BCUT2D eigenvalue weighted by Gasteiger charge is -1.97. The molecule has 2 rings (SSSR count). The number of aromatic nitrogens is 2. The minimum absolute atomic E-state index is 0. The van der Waals surface area contributed by atoms with Gasteiger partial charge in [-0.15, -0.1) is 0 Å². The molecule has 0 bridgehead atoms. The van der Waals surface area contributed by atoms with Crippen molar-refractivity contribution in [1.82, 2.24) is 9.55 Å². The van der Waals surface area contributed by atoms with Crippen molar-refractivity contribution in [1.29, 1.82) is 5.41 Å². The molecule has 0 aliphatic heterocycles. The first-order valence-electron chi connectivity index (χ1n) is 3.55. The molecule has 0 saturated carbocycles. The first-order valence-corrected chi connectivity index (χ1v) is 3.55. The lowest BCUT2D eigenvalue weighted by molar-refractivity contribution is 1.11. The van der Waals surface area contributed by atoms with E-state index in [9.17, 15) is 0 Å². The van der Waals surface area contributed by atoms with Gasteiger partial charge < -0.3 is 5.73 Å². The van der Waals surface area contributed by atoms with E-state index in [0.29, 0.717) is 0 Å². The van der Waals surface area contributed by atoms with E-state index in [-0.39, 0.29) is 13.4 Å². The molecule has 0 spiro atoms. The van der Waals surface area contributed by atoms with Crippen molar-refractivity contribution in [2.75, 3.05) is 0 Å². The van der Waals surface area contributed by atoms with E-state index in [1.807, 2.05) is 24.3 Å². The molecule has 0 atom stereocenters. The van der Waals surface area contributed by atoms with Crippen molar-refractivity contribution in [2.24, 2.45) is 5.73 Å². The van der Waals surface area contributed by atoms with Crippen LogP contribution in [-0.2, 0) is 0 Å². The van der Waals surface area contributed by atoms with Crippen LogP contribution in [0.2, 0.25) is 0 Å². The molecule has 0 radical (unpaired) electrons. The van der Waals surface area contributed by atoms with E-state index in [0.717, 1.165) is 11.0 Å². The van der Waals surface area contributed by atoms with E-state index in [1.54, 1.807) is 6.33 Å².